The van der Waals surface area contributed by atoms with Crippen LogP contribution in [0.5, 0.6) is 23.0 Å². The minimum atomic E-state index is -5.21. The van der Waals surface area contributed by atoms with Crippen LogP contribution < -0.4 is 15.0 Å². The van der Waals surface area contributed by atoms with E-state index in [0.717, 1.165) is 53.2 Å². The predicted octanol–water partition coefficient (Wildman–Crippen LogP) is 7.61. The van der Waals surface area contributed by atoms with Gasteiger partial charge in [-0.25, -0.2) is 9.48 Å². The van der Waals surface area contributed by atoms with Crippen molar-refractivity contribution in [3.63, 3.8) is 0 Å². The Morgan fingerprint density at radius 1 is 0.592 bits per heavy atom. The van der Waals surface area contributed by atoms with Crippen LogP contribution in [0.15, 0.2) is 140 Å². The number of hydrogen-bond donors (Lipinski definition) is 8. The molecule has 6 aromatic carbocycles. The Kier molecular flexibility index (Phi) is 13.6. The van der Waals surface area contributed by atoms with Gasteiger partial charge < -0.3 is 24.8 Å². The summed E-state index contributed by atoms with van der Waals surface area (Å²) < 4.78 is 148. The van der Waals surface area contributed by atoms with Gasteiger partial charge in [0.1, 0.15) is 44.1 Å². The summed E-state index contributed by atoms with van der Waals surface area (Å²) in [5, 5.41) is 57.1. The lowest BCUT2D eigenvalue weighted by molar-refractivity contribution is 0.0690. The maximum absolute atomic E-state index is 13.3. The Morgan fingerprint density at radius 2 is 1.15 bits per heavy atom. The van der Waals surface area contributed by atoms with Gasteiger partial charge in [-0.05, 0) is 86.0 Å². The largest absolute Gasteiger partial charge is 0.507 e. The van der Waals surface area contributed by atoms with Crippen LogP contribution >= 0.6 is 0 Å². The molecular weight excluding hydrogens is 1020 g/mol. The Hall–Kier alpha value is -8.04. The average Bonchev–Trinajstić information content (AvgIpc) is 3.62. The first kappa shape index (κ1) is 50.8. The minimum absolute atomic E-state index is 0.00147. The van der Waals surface area contributed by atoms with Crippen LogP contribution in [0.4, 0.5) is 34.1 Å². The molecule has 0 amide bonds. The molecule has 0 atom stereocenters. The van der Waals surface area contributed by atoms with Crippen LogP contribution in [0, 0.1) is 0 Å². The van der Waals surface area contributed by atoms with E-state index in [1.165, 1.54) is 24.3 Å². The fraction of sp³-hybridized carbons (Fsp3) is 0.100. The highest BCUT2D eigenvalue weighted by Gasteiger charge is 2.26. The van der Waals surface area contributed by atoms with E-state index in [2.05, 4.69) is 35.8 Å². The first-order valence-corrected chi connectivity index (χ1v) is 25.3. The van der Waals surface area contributed by atoms with Gasteiger partial charge in [0.25, 0.3) is 46.0 Å². The predicted molar refractivity (Wildman–Crippen MR) is 245 cm³/mol. The average molecular weight is 1060 g/mol. The van der Waals surface area contributed by atoms with Crippen LogP contribution in [0.3, 0.4) is 0 Å². The first-order valence-electron chi connectivity index (χ1n) is 19.6. The third-order valence-electron chi connectivity index (χ3n) is 9.80. The Bertz CT molecular complexity index is 3990. The second kappa shape index (κ2) is 19.0. The van der Waals surface area contributed by atoms with Crippen LogP contribution in [0.1, 0.15) is 24.3 Å². The molecule has 8 N–H and O–H groups in total. The highest BCUT2D eigenvalue weighted by Crippen LogP contribution is 2.46. The maximum Gasteiger partial charge on any atom is 0.356 e. The summed E-state index contributed by atoms with van der Waals surface area (Å²) in [5.74, 6) is -3.51. The molecule has 0 aliphatic heterocycles. The van der Waals surface area contributed by atoms with E-state index in [0.29, 0.717) is 12.1 Å². The number of benzene rings is 6. The van der Waals surface area contributed by atoms with Gasteiger partial charge >= 0.3 is 5.97 Å². The monoisotopic (exact) mass is 1060 g/mol. The summed E-state index contributed by atoms with van der Waals surface area (Å²) in [6, 6.07) is 14.3. The molecule has 71 heavy (non-hydrogen) atoms. The van der Waals surface area contributed by atoms with E-state index in [1.54, 1.807) is 13.8 Å². The third-order valence-corrected chi connectivity index (χ3v) is 13.3. The number of rotatable bonds is 16. The second-order valence-corrected chi connectivity index (χ2v) is 20.0. The molecule has 1 heterocycles. The van der Waals surface area contributed by atoms with E-state index in [9.17, 15) is 76.8 Å². The van der Waals surface area contributed by atoms with Crippen molar-refractivity contribution in [1.82, 2.24) is 9.78 Å². The number of carbonyl (C=O) groups is 1. The number of H-pyrrole nitrogens is 1. The number of carboxylic acid groups (broad SMARTS) is 1. The summed E-state index contributed by atoms with van der Waals surface area (Å²) in [5.41, 5.74) is -3.95. The lowest BCUT2D eigenvalue weighted by atomic mass is 10.1. The fourth-order valence-electron chi connectivity index (χ4n) is 6.72. The van der Waals surface area contributed by atoms with Crippen molar-refractivity contribution in [3.05, 3.63) is 101 Å². The van der Waals surface area contributed by atoms with Gasteiger partial charge in [0.05, 0.1) is 45.5 Å². The van der Waals surface area contributed by atoms with Gasteiger partial charge in [0.15, 0.2) is 17.1 Å². The van der Waals surface area contributed by atoms with Gasteiger partial charge in [0, 0.05) is 29.0 Å². The van der Waals surface area contributed by atoms with E-state index in [-0.39, 0.29) is 63.9 Å². The number of hydrogen-bond acceptors (Lipinski definition) is 20. The number of aromatic nitrogens is 2. The van der Waals surface area contributed by atoms with Crippen molar-refractivity contribution in [2.24, 2.45) is 30.7 Å². The first-order chi connectivity index (χ1) is 33.2. The zero-order chi connectivity index (χ0) is 52.0. The van der Waals surface area contributed by atoms with E-state index in [1.807, 2.05) is 0 Å². The maximum atomic E-state index is 13.3. The molecule has 31 heteroatoms. The van der Waals surface area contributed by atoms with Gasteiger partial charge in [-0.1, -0.05) is 0 Å². The lowest BCUT2D eigenvalue weighted by Crippen LogP contribution is -2.14. The Labute approximate surface area is 398 Å². The van der Waals surface area contributed by atoms with Gasteiger partial charge in [-0.3, -0.25) is 28.1 Å². The Morgan fingerprint density at radius 3 is 1.70 bits per heavy atom. The molecule has 0 aliphatic rings. The highest BCUT2D eigenvalue weighted by atomic mass is 32.2. The molecule has 0 saturated heterocycles. The summed E-state index contributed by atoms with van der Waals surface area (Å²) in [7, 11) is -19.8. The van der Waals surface area contributed by atoms with E-state index < -0.39 is 111 Å². The van der Waals surface area contributed by atoms with Crippen molar-refractivity contribution >= 4 is 102 Å². The number of aromatic amines is 1. The molecule has 27 nitrogen and oxygen atoms in total. The zero-order valence-electron chi connectivity index (χ0n) is 35.8. The molecule has 7 rings (SSSR count). The fourth-order valence-corrected chi connectivity index (χ4v) is 9.06. The smallest absolute Gasteiger partial charge is 0.356 e. The number of phenols is 2. The molecule has 0 aliphatic carbocycles. The minimum Gasteiger partial charge on any atom is -0.507 e. The zero-order valence-corrected chi connectivity index (χ0v) is 39.1. The van der Waals surface area contributed by atoms with Gasteiger partial charge in [-0.15, -0.1) is 25.6 Å². The number of nitrogens with zero attached hydrogens (tertiary/aromatic N) is 7. The molecule has 0 radical (unpaired) electrons. The SMILES string of the molecule is CCOc1cc(N=Nc2ccc(S(=O)(=O)O)c3cc(S(=O)(=O)O)cc(O)c23)c(OCC)cc1N=Nc1c(S(=O)(=O)O)cc2cc(N=Nc3c(C(=O)O)[nH]n(-c4ccc(S(=O)(=O)O)cc4)c3=O)ccc2c1O. The summed E-state index contributed by atoms with van der Waals surface area (Å²) >= 11 is 0. The quantitative estimate of drug-likeness (QED) is 0.0341. The molecule has 0 fully saturated rings. The summed E-state index contributed by atoms with van der Waals surface area (Å²) in [6.07, 6.45) is 0. The van der Waals surface area contributed by atoms with Crippen molar-refractivity contribution in [2.45, 2.75) is 33.4 Å². The highest BCUT2D eigenvalue weighted by molar-refractivity contribution is 7.86. The van der Waals surface area contributed by atoms with Crippen molar-refractivity contribution in [2.75, 3.05) is 13.2 Å². The third kappa shape index (κ3) is 10.6. The number of fused-ring (bicyclic) bond motifs is 2. The number of ether oxygens (including phenoxy) is 2. The number of azo groups is 3. The molecule has 370 valence electrons. The van der Waals surface area contributed by atoms with Crippen LogP contribution in [0.25, 0.3) is 27.2 Å². The van der Waals surface area contributed by atoms with Crippen LogP contribution in [-0.4, -0.2) is 96.2 Å². The number of phenolic OH excluding ortho intramolecular Hbond substituents is 2. The second-order valence-electron chi connectivity index (χ2n) is 14.4. The molecule has 0 unspecified atom stereocenters. The summed E-state index contributed by atoms with van der Waals surface area (Å²) in [4.78, 5) is 22.1. The summed E-state index contributed by atoms with van der Waals surface area (Å²) in [6.45, 7) is 3.16. The molecule has 7 aromatic rings. The molecular formula is C40H32N8O19S4. The molecule has 0 bridgehead atoms. The Balaban J connectivity index is 1.27. The van der Waals surface area contributed by atoms with Gasteiger partial charge in [0.2, 0.25) is 0 Å². The van der Waals surface area contributed by atoms with Crippen molar-refractivity contribution in [3.8, 4) is 28.7 Å². The number of aromatic hydroxyl groups is 2. The molecule has 0 saturated carbocycles. The molecule has 1 aromatic heterocycles. The number of aromatic carboxylic acids is 1. The lowest BCUT2D eigenvalue weighted by Gasteiger charge is -2.13. The molecule has 0 spiro atoms. The van der Waals surface area contributed by atoms with Gasteiger partial charge in [-0.2, -0.15) is 38.8 Å². The van der Waals surface area contributed by atoms with Crippen molar-refractivity contribution < 1.29 is 81.5 Å². The van der Waals surface area contributed by atoms with Crippen LogP contribution in [0.2, 0.25) is 0 Å². The normalized spacial score (nSPS) is 12.8. The van der Waals surface area contributed by atoms with Crippen LogP contribution in [-0.2, 0) is 40.5 Å². The topological polar surface area (TPSA) is 426 Å². The van der Waals surface area contributed by atoms with Crippen molar-refractivity contribution in [1.29, 1.82) is 0 Å². The standard InChI is InChI=1S/C40H32N8O19S4/c1-3-66-30-18-28(31(67-4-2)17-27(30)43-42-26-11-12-32(70(60,61)62)25-15-23(69(57,58)59)16-29(49)34(25)26)44-45-35-33(71(63,64)65)14-19-13-20(5-10-24(19)38(35)50)41-46-36-37(40(52)53)47-48(39(36)51)21-6-8-22(9-7-21)68(54,55)56/h5-18,47,49-50H,3-4H2,1-2H3,(H,52,53)(H,54,55,56)(H,57,58,59)(H,60,61,62)(H,63,64,65). The number of carboxylic acids is 1. The van der Waals surface area contributed by atoms with E-state index in [4.69, 9.17) is 9.47 Å². The number of nitrogens with one attached hydrogen (secondary N) is 1. The van der Waals surface area contributed by atoms with E-state index >= 15 is 0 Å².